The Morgan fingerprint density at radius 3 is 2.55 bits per heavy atom. The van der Waals surface area contributed by atoms with Crippen molar-refractivity contribution in [1.82, 2.24) is 9.55 Å². The molecule has 0 aliphatic carbocycles. The second-order valence-electron chi connectivity index (χ2n) is 6.61. The van der Waals surface area contributed by atoms with E-state index in [2.05, 4.69) is 19.8 Å². The van der Waals surface area contributed by atoms with E-state index in [1.54, 1.807) is 0 Å². The minimum Gasteiger partial charge on any atom is -0.395 e. The highest BCUT2D eigenvalue weighted by molar-refractivity contribution is 6.04. The molecule has 0 saturated carbocycles. The molecule has 1 amide bonds. The van der Waals surface area contributed by atoms with Gasteiger partial charge < -0.3 is 29.7 Å². The van der Waals surface area contributed by atoms with E-state index in [0.29, 0.717) is 4.57 Å². The summed E-state index contributed by atoms with van der Waals surface area (Å²) in [4.78, 5) is 28.0. The number of nitrogens with zero attached hydrogens (tertiary/aromatic N) is 2. The number of alkyl halides is 4. The van der Waals surface area contributed by atoms with Crippen LogP contribution >= 0.6 is 0 Å². The van der Waals surface area contributed by atoms with Crippen LogP contribution in [0.4, 0.5) is 23.4 Å². The highest BCUT2D eigenvalue weighted by atomic mass is 19.3. The molecule has 1 aromatic heterocycles. The van der Waals surface area contributed by atoms with Crippen LogP contribution in [0.1, 0.15) is 16.6 Å². The molecular weight excluding hydrogens is 434 g/mol. The van der Waals surface area contributed by atoms with Crippen molar-refractivity contribution in [3.63, 3.8) is 0 Å². The van der Waals surface area contributed by atoms with Gasteiger partial charge >= 0.3 is 17.9 Å². The Morgan fingerprint density at radius 1 is 1.19 bits per heavy atom. The first-order valence-electron chi connectivity index (χ1n) is 8.64. The normalized spacial score (nSPS) is 25.4. The average molecular weight is 447 g/mol. The summed E-state index contributed by atoms with van der Waals surface area (Å²) in [6.07, 6.45) is -9.18. The Hall–Kier alpha value is -3.23. The summed E-state index contributed by atoms with van der Waals surface area (Å²) >= 11 is 0. The first-order chi connectivity index (χ1) is 14.5. The van der Waals surface area contributed by atoms with Gasteiger partial charge in [-0.05, 0) is 24.3 Å². The lowest BCUT2D eigenvalue weighted by Gasteiger charge is -2.21. The Balaban J connectivity index is 1.52. The maximum absolute atomic E-state index is 14.2. The van der Waals surface area contributed by atoms with Crippen LogP contribution in [-0.4, -0.2) is 56.7 Å². The lowest BCUT2D eigenvalue weighted by atomic mass is 10.1. The van der Waals surface area contributed by atoms with Gasteiger partial charge in [-0.2, -0.15) is 13.8 Å². The van der Waals surface area contributed by atoms with Crippen LogP contribution in [0, 0.1) is 0 Å². The summed E-state index contributed by atoms with van der Waals surface area (Å²) in [5.41, 5.74) is -1.37. The smallest absolute Gasteiger partial charge is 0.395 e. The number of ether oxygens (including phenoxy) is 3. The van der Waals surface area contributed by atoms with Crippen LogP contribution in [0.25, 0.3) is 0 Å². The Kier molecular flexibility index (Phi) is 4.87. The number of hydrogen-bond donors (Lipinski definition) is 3. The number of aliphatic hydroxyl groups is 2. The second kappa shape index (κ2) is 7.18. The van der Waals surface area contributed by atoms with Crippen LogP contribution < -0.4 is 20.5 Å². The largest absolute Gasteiger partial charge is 0.586 e. The monoisotopic (exact) mass is 447 g/mol. The minimum absolute atomic E-state index is 0.134. The van der Waals surface area contributed by atoms with Crippen molar-refractivity contribution in [1.29, 1.82) is 0 Å². The van der Waals surface area contributed by atoms with E-state index >= 15 is 0 Å². The molecule has 2 aromatic rings. The average Bonchev–Trinajstić information content (AvgIpc) is 3.13. The van der Waals surface area contributed by atoms with E-state index in [1.165, 1.54) is 0 Å². The molecule has 166 valence electrons. The Bertz CT molecular complexity index is 1090. The maximum atomic E-state index is 14.2. The van der Waals surface area contributed by atoms with E-state index in [-0.39, 0.29) is 22.9 Å². The zero-order chi connectivity index (χ0) is 22.6. The third-order valence-corrected chi connectivity index (χ3v) is 4.55. The fourth-order valence-electron chi connectivity index (χ4n) is 3.06. The van der Waals surface area contributed by atoms with E-state index in [4.69, 9.17) is 9.84 Å². The van der Waals surface area contributed by atoms with E-state index in [1.807, 2.05) is 0 Å². The molecule has 10 nitrogen and oxygen atoms in total. The SMILES string of the molecule is O=C(Nc1ccn([C@@H]2O[C@H](CO)[C@@H](O)C2(F)F)c(=O)n1)c1ccc2c(c1)OC(F)(F)O2. The summed E-state index contributed by atoms with van der Waals surface area (Å²) < 4.78 is 68.2. The number of benzene rings is 1. The number of fused-ring (bicyclic) bond motifs is 1. The first kappa shape index (κ1) is 21.0. The van der Waals surface area contributed by atoms with E-state index in [0.717, 1.165) is 30.5 Å². The third kappa shape index (κ3) is 3.68. The molecule has 1 saturated heterocycles. The quantitative estimate of drug-likeness (QED) is 0.584. The topological polar surface area (TPSA) is 132 Å². The number of rotatable bonds is 4. The molecule has 3 N–H and O–H groups in total. The number of carbonyl (C=O) groups is 1. The zero-order valence-corrected chi connectivity index (χ0v) is 15.2. The van der Waals surface area contributed by atoms with Crippen molar-refractivity contribution in [3.05, 3.63) is 46.5 Å². The number of hydrogen-bond acceptors (Lipinski definition) is 8. The number of nitrogens with one attached hydrogen (secondary N) is 1. The highest BCUT2D eigenvalue weighted by Gasteiger charge is 2.59. The molecule has 0 bridgehead atoms. The van der Waals surface area contributed by atoms with Crippen molar-refractivity contribution in [3.8, 4) is 11.5 Å². The standard InChI is InChI=1S/C17H13F4N3O7/c18-16(19)12(26)10(6-25)29-14(16)24-4-3-11(23-15(24)28)22-13(27)7-1-2-8-9(5-7)31-17(20,21)30-8/h1-5,10,12,14,25-26H,6H2,(H,22,23,27,28)/t10-,12-,14-/m1/s1. The van der Waals surface area contributed by atoms with Gasteiger partial charge in [-0.3, -0.25) is 9.36 Å². The molecule has 1 aromatic carbocycles. The van der Waals surface area contributed by atoms with Crippen molar-refractivity contribution in [2.75, 3.05) is 11.9 Å². The number of aromatic nitrogens is 2. The number of amides is 1. The number of aliphatic hydroxyl groups excluding tert-OH is 2. The highest BCUT2D eigenvalue weighted by Crippen LogP contribution is 2.42. The van der Waals surface area contributed by atoms with Crippen molar-refractivity contribution in [2.24, 2.45) is 0 Å². The molecule has 0 unspecified atom stereocenters. The fraction of sp³-hybridized carbons (Fsp3) is 0.353. The molecule has 2 aliphatic heterocycles. The predicted octanol–water partition coefficient (Wildman–Crippen LogP) is 0.703. The summed E-state index contributed by atoms with van der Waals surface area (Å²) in [5.74, 6) is -5.72. The van der Waals surface area contributed by atoms with E-state index < -0.39 is 48.9 Å². The molecule has 14 heteroatoms. The predicted molar refractivity (Wildman–Crippen MR) is 91.0 cm³/mol. The summed E-state index contributed by atoms with van der Waals surface area (Å²) in [7, 11) is 0. The van der Waals surface area contributed by atoms with Gasteiger partial charge in [-0.1, -0.05) is 0 Å². The van der Waals surface area contributed by atoms with Gasteiger partial charge in [-0.25, -0.2) is 4.79 Å². The van der Waals surface area contributed by atoms with Gasteiger partial charge in [0, 0.05) is 11.8 Å². The lowest BCUT2D eigenvalue weighted by Crippen LogP contribution is -2.41. The summed E-state index contributed by atoms with van der Waals surface area (Å²) in [5, 5.41) is 20.8. The molecule has 2 aliphatic rings. The van der Waals surface area contributed by atoms with Crippen molar-refractivity contribution < 1.29 is 46.8 Å². The molecule has 1 fully saturated rings. The van der Waals surface area contributed by atoms with Crippen LogP contribution in [0.5, 0.6) is 11.5 Å². The number of carbonyl (C=O) groups excluding carboxylic acids is 1. The molecule has 3 heterocycles. The van der Waals surface area contributed by atoms with E-state index in [9.17, 15) is 32.3 Å². The number of halogens is 4. The van der Waals surface area contributed by atoms with Crippen molar-refractivity contribution in [2.45, 2.75) is 30.7 Å². The minimum atomic E-state index is -3.89. The third-order valence-electron chi connectivity index (χ3n) is 4.55. The summed E-state index contributed by atoms with van der Waals surface area (Å²) in [6, 6.07) is 4.23. The van der Waals surface area contributed by atoms with Gasteiger partial charge in [0.05, 0.1) is 6.61 Å². The Labute approximate surface area is 169 Å². The fourth-order valence-corrected chi connectivity index (χ4v) is 3.06. The van der Waals surface area contributed by atoms with Crippen molar-refractivity contribution >= 4 is 11.7 Å². The van der Waals surface area contributed by atoms with Gasteiger partial charge in [0.2, 0.25) is 6.23 Å². The lowest BCUT2D eigenvalue weighted by molar-refractivity contribution is -0.286. The van der Waals surface area contributed by atoms with Crippen LogP contribution in [-0.2, 0) is 4.74 Å². The molecule has 0 spiro atoms. The summed E-state index contributed by atoms with van der Waals surface area (Å²) in [6.45, 7) is -0.898. The Morgan fingerprint density at radius 2 is 1.90 bits per heavy atom. The molecule has 31 heavy (non-hydrogen) atoms. The molecular formula is C17H13F4N3O7. The zero-order valence-electron chi connectivity index (χ0n) is 15.2. The van der Waals surface area contributed by atoms with Gasteiger partial charge in [0.15, 0.2) is 17.6 Å². The second-order valence-corrected chi connectivity index (χ2v) is 6.61. The molecule has 0 radical (unpaired) electrons. The van der Waals surface area contributed by atoms with Gasteiger partial charge in [0.25, 0.3) is 5.91 Å². The van der Waals surface area contributed by atoms with Gasteiger partial charge in [-0.15, -0.1) is 8.78 Å². The number of anilines is 1. The van der Waals surface area contributed by atoms with Gasteiger partial charge in [0.1, 0.15) is 11.9 Å². The van der Waals surface area contributed by atoms with Crippen LogP contribution in [0.15, 0.2) is 35.3 Å². The van der Waals surface area contributed by atoms with Crippen LogP contribution in [0.3, 0.4) is 0 Å². The molecule has 4 rings (SSSR count). The maximum Gasteiger partial charge on any atom is 0.586 e. The molecule has 3 atom stereocenters. The van der Waals surface area contributed by atoms with Crippen LogP contribution in [0.2, 0.25) is 0 Å². The first-order valence-corrected chi connectivity index (χ1v) is 8.64.